The number of aromatic amines is 1. The van der Waals surface area contributed by atoms with Crippen LogP contribution in [-0.4, -0.2) is 37.4 Å². The van der Waals surface area contributed by atoms with Crippen molar-refractivity contribution in [2.75, 3.05) is 26.6 Å². The fourth-order valence-electron chi connectivity index (χ4n) is 3.23. The summed E-state index contributed by atoms with van der Waals surface area (Å²) in [6.45, 7) is 0. The summed E-state index contributed by atoms with van der Waals surface area (Å²) in [6, 6.07) is 12.5. The van der Waals surface area contributed by atoms with Gasteiger partial charge in [0, 0.05) is 35.2 Å². The molecule has 2 heterocycles. The first-order valence-electron chi connectivity index (χ1n) is 9.23. The molecule has 0 radical (unpaired) electrons. The Morgan fingerprint density at radius 1 is 1.03 bits per heavy atom. The van der Waals surface area contributed by atoms with Gasteiger partial charge in [-0.1, -0.05) is 0 Å². The molecule has 0 aliphatic rings. The average molecular weight is 407 g/mol. The van der Waals surface area contributed by atoms with Crippen LogP contribution in [-0.2, 0) is 6.42 Å². The number of nitrogens with one attached hydrogen (secondary N) is 2. The molecular formula is C22H21N3O5. The fraction of sp³-hybridized carbons (Fsp3) is 0.182. The number of rotatable bonds is 7. The van der Waals surface area contributed by atoms with Gasteiger partial charge in [-0.25, -0.2) is 0 Å². The first-order chi connectivity index (χ1) is 14.6. The Bertz CT molecular complexity index is 1170. The highest BCUT2D eigenvalue weighted by molar-refractivity contribution is 6.03. The maximum atomic E-state index is 12.6. The van der Waals surface area contributed by atoms with E-state index in [0.29, 0.717) is 35.1 Å². The molecule has 4 aromatic rings. The van der Waals surface area contributed by atoms with Gasteiger partial charge >= 0.3 is 0 Å². The SMILES string of the molecule is COc1cc(OC)c(Cc2ccc(C(=O)Nc3ccc4[nH]ncc4c3)o2)c(OC)c1. The number of hydrogen-bond acceptors (Lipinski definition) is 6. The van der Waals surface area contributed by atoms with E-state index in [1.165, 1.54) is 0 Å². The lowest BCUT2D eigenvalue weighted by atomic mass is 10.1. The van der Waals surface area contributed by atoms with Gasteiger partial charge < -0.3 is 23.9 Å². The summed E-state index contributed by atoms with van der Waals surface area (Å²) in [6.07, 6.45) is 2.09. The van der Waals surface area contributed by atoms with Gasteiger partial charge in [0.1, 0.15) is 23.0 Å². The van der Waals surface area contributed by atoms with E-state index >= 15 is 0 Å². The second-order valence-corrected chi connectivity index (χ2v) is 6.58. The molecule has 4 rings (SSSR count). The topological polar surface area (TPSA) is 98.6 Å². The molecule has 0 spiro atoms. The summed E-state index contributed by atoms with van der Waals surface area (Å²) in [5.41, 5.74) is 2.36. The van der Waals surface area contributed by atoms with Crippen molar-refractivity contribution in [2.45, 2.75) is 6.42 Å². The van der Waals surface area contributed by atoms with Gasteiger partial charge in [-0.05, 0) is 30.3 Å². The first-order valence-corrected chi connectivity index (χ1v) is 9.23. The van der Waals surface area contributed by atoms with Crippen LogP contribution in [0.15, 0.2) is 53.1 Å². The van der Waals surface area contributed by atoms with E-state index in [9.17, 15) is 4.79 Å². The molecule has 2 aromatic heterocycles. The van der Waals surface area contributed by atoms with Crippen LogP contribution in [0.3, 0.4) is 0 Å². The van der Waals surface area contributed by atoms with Crippen molar-refractivity contribution in [3.63, 3.8) is 0 Å². The van der Waals surface area contributed by atoms with Crippen LogP contribution in [0.4, 0.5) is 5.69 Å². The fourth-order valence-corrected chi connectivity index (χ4v) is 3.23. The maximum Gasteiger partial charge on any atom is 0.291 e. The molecule has 2 N–H and O–H groups in total. The van der Waals surface area contributed by atoms with E-state index < -0.39 is 0 Å². The molecule has 0 fully saturated rings. The van der Waals surface area contributed by atoms with Gasteiger partial charge in [0.25, 0.3) is 5.91 Å². The lowest BCUT2D eigenvalue weighted by Gasteiger charge is -2.14. The minimum absolute atomic E-state index is 0.212. The molecule has 30 heavy (non-hydrogen) atoms. The molecule has 1 amide bonds. The van der Waals surface area contributed by atoms with E-state index in [-0.39, 0.29) is 11.7 Å². The molecule has 0 aliphatic heterocycles. The van der Waals surface area contributed by atoms with E-state index in [4.69, 9.17) is 18.6 Å². The predicted octanol–water partition coefficient (Wildman–Crippen LogP) is 4.02. The predicted molar refractivity (Wildman–Crippen MR) is 112 cm³/mol. The van der Waals surface area contributed by atoms with Crippen molar-refractivity contribution in [1.29, 1.82) is 0 Å². The van der Waals surface area contributed by atoms with Gasteiger partial charge in [0.15, 0.2) is 5.76 Å². The number of nitrogens with zero attached hydrogens (tertiary/aromatic N) is 1. The van der Waals surface area contributed by atoms with Gasteiger partial charge in [-0.3, -0.25) is 9.89 Å². The normalized spacial score (nSPS) is 10.8. The number of ether oxygens (including phenoxy) is 3. The number of benzene rings is 2. The van der Waals surface area contributed by atoms with Crippen molar-refractivity contribution in [3.8, 4) is 17.2 Å². The van der Waals surface area contributed by atoms with Crippen molar-refractivity contribution < 1.29 is 23.4 Å². The van der Waals surface area contributed by atoms with Gasteiger partial charge in [0.2, 0.25) is 0 Å². The summed E-state index contributed by atoms with van der Waals surface area (Å²) in [7, 11) is 4.74. The number of fused-ring (bicyclic) bond motifs is 1. The van der Waals surface area contributed by atoms with Crippen molar-refractivity contribution >= 4 is 22.5 Å². The number of amides is 1. The van der Waals surface area contributed by atoms with E-state index in [2.05, 4.69) is 15.5 Å². The molecule has 2 aromatic carbocycles. The average Bonchev–Trinajstić information content (AvgIpc) is 3.42. The van der Waals surface area contributed by atoms with E-state index in [1.807, 2.05) is 12.1 Å². The number of methoxy groups -OCH3 is 3. The molecular weight excluding hydrogens is 386 g/mol. The zero-order valence-electron chi connectivity index (χ0n) is 16.8. The largest absolute Gasteiger partial charge is 0.496 e. The minimum Gasteiger partial charge on any atom is -0.496 e. The molecule has 0 aliphatic carbocycles. The molecule has 0 atom stereocenters. The summed E-state index contributed by atoms with van der Waals surface area (Å²) >= 11 is 0. The highest BCUT2D eigenvalue weighted by atomic mass is 16.5. The number of H-pyrrole nitrogens is 1. The third kappa shape index (κ3) is 3.80. The quantitative estimate of drug-likeness (QED) is 0.480. The highest BCUT2D eigenvalue weighted by Gasteiger charge is 2.17. The first kappa shape index (κ1) is 19.4. The monoisotopic (exact) mass is 407 g/mol. The number of hydrogen-bond donors (Lipinski definition) is 2. The second kappa shape index (κ2) is 8.20. The number of carbonyl (C=O) groups excluding carboxylic acids is 1. The highest BCUT2D eigenvalue weighted by Crippen LogP contribution is 2.36. The Morgan fingerprint density at radius 2 is 1.80 bits per heavy atom. The zero-order valence-corrected chi connectivity index (χ0v) is 16.8. The van der Waals surface area contributed by atoms with Crippen molar-refractivity contribution in [1.82, 2.24) is 10.2 Å². The van der Waals surface area contributed by atoms with E-state index in [0.717, 1.165) is 16.5 Å². The smallest absolute Gasteiger partial charge is 0.291 e. The number of furan rings is 1. The Morgan fingerprint density at radius 3 is 2.50 bits per heavy atom. The zero-order chi connectivity index (χ0) is 21.1. The van der Waals surface area contributed by atoms with Crippen LogP contribution in [0.25, 0.3) is 10.9 Å². The molecule has 0 saturated carbocycles. The Hall–Kier alpha value is -3.94. The third-order valence-corrected chi connectivity index (χ3v) is 4.75. The van der Waals surface area contributed by atoms with Crippen LogP contribution in [0, 0.1) is 0 Å². The maximum absolute atomic E-state index is 12.6. The van der Waals surface area contributed by atoms with Crippen LogP contribution >= 0.6 is 0 Å². The van der Waals surface area contributed by atoms with E-state index in [1.54, 1.807) is 57.9 Å². The standard InChI is InChI=1S/C22H21N3O5/c1-27-16-10-20(28-2)17(21(11-16)29-3)9-15-5-7-19(30-15)22(26)24-14-4-6-18-13(8-14)12-23-25-18/h4-8,10-12H,9H2,1-3H3,(H,23,25)(H,24,26). The summed E-state index contributed by atoms with van der Waals surface area (Å²) in [4.78, 5) is 12.6. The van der Waals surface area contributed by atoms with Gasteiger partial charge in [0.05, 0.1) is 33.0 Å². The molecule has 8 heteroatoms. The van der Waals surface area contributed by atoms with Crippen LogP contribution < -0.4 is 19.5 Å². The summed E-state index contributed by atoms with van der Waals surface area (Å²) in [5, 5.41) is 10.6. The molecule has 0 bridgehead atoms. The molecule has 8 nitrogen and oxygen atoms in total. The Kier molecular flexibility index (Phi) is 5.30. The number of aromatic nitrogens is 2. The van der Waals surface area contributed by atoms with Gasteiger partial charge in [-0.15, -0.1) is 0 Å². The molecule has 0 saturated heterocycles. The van der Waals surface area contributed by atoms with Gasteiger partial charge in [-0.2, -0.15) is 5.10 Å². The minimum atomic E-state index is -0.335. The summed E-state index contributed by atoms with van der Waals surface area (Å²) < 4.78 is 22.0. The van der Waals surface area contributed by atoms with Crippen LogP contribution in [0.1, 0.15) is 21.9 Å². The second-order valence-electron chi connectivity index (χ2n) is 6.58. The Balaban J connectivity index is 1.53. The lowest BCUT2D eigenvalue weighted by molar-refractivity contribution is 0.0995. The lowest BCUT2D eigenvalue weighted by Crippen LogP contribution is -2.10. The number of carbonyl (C=O) groups is 1. The molecule has 0 unspecified atom stereocenters. The van der Waals surface area contributed by atoms with Crippen LogP contribution in [0.2, 0.25) is 0 Å². The molecule has 154 valence electrons. The Labute approximate surface area is 172 Å². The van der Waals surface area contributed by atoms with Crippen LogP contribution in [0.5, 0.6) is 17.2 Å². The van der Waals surface area contributed by atoms with Crippen molar-refractivity contribution in [2.24, 2.45) is 0 Å². The summed E-state index contributed by atoms with van der Waals surface area (Å²) in [5.74, 6) is 2.33. The number of anilines is 1. The van der Waals surface area contributed by atoms with Crippen molar-refractivity contribution in [3.05, 3.63) is 65.7 Å². The third-order valence-electron chi connectivity index (χ3n) is 4.75.